The van der Waals surface area contributed by atoms with Crippen LogP contribution in [0, 0.1) is 0 Å². The zero-order valence-electron chi connectivity index (χ0n) is 13.9. The first-order valence-electron chi connectivity index (χ1n) is 8.48. The Balaban J connectivity index is 1.78. The maximum atomic E-state index is 5.64. The van der Waals surface area contributed by atoms with E-state index in [4.69, 9.17) is 17.0 Å². The molecule has 0 saturated heterocycles. The number of aryl methyl sites for hydroxylation is 1. The second kappa shape index (κ2) is 6.81. The van der Waals surface area contributed by atoms with Crippen molar-refractivity contribution in [3.63, 3.8) is 0 Å². The summed E-state index contributed by atoms with van der Waals surface area (Å²) in [7, 11) is 0. The molecule has 0 spiro atoms. The molecule has 3 nitrogen and oxygen atoms in total. The van der Waals surface area contributed by atoms with E-state index in [1.165, 1.54) is 28.0 Å². The van der Waals surface area contributed by atoms with Crippen molar-refractivity contribution in [1.82, 2.24) is 10.6 Å². The summed E-state index contributed by atoms with van der Waals surface area (Å²) in [6.07, 6.45) is 2.07. The summed E-state index contributed by atoms with van der Waals surface area (Å²) in [5.41, 5.74) is 6.36. The van der Waals surface area contributed by atoms with Crippen LogP contribution in [0.15, 0.2) is 52.5 Å². The lowest BCUT2D eigenvalue weighted by Gasteiger charge is -2.36. The molecule has 128 valence electrons. The minimum absolute atomic E-state index is 0.0871. The highest BCUT2D eigenvalue weighted by Gasteiger charge is 2.30. The molecule has 1 aliphatic heterocycles. The number of nitrogens with one attached hydrogen (secondary N) is 2. The van der Waals surface area contributed by atoms with E-state index in [1.807, 2.05) is 13.0 Å². The van der Waals surface area contributed by atoms with E-state index >= 15 is 0 Å². The van der Waals surface area contributed by atoms with E-state index in [1.54, 1.807) is 0 Å². The Morgan fingerprint density at radius 3 is 2.84 bits per heavy atom. The Bertz CT molecular complexity index is 878. The molecule has 1 atom stereocenters. The van der Waals surface area contributed by atoms with Crippen molar-refractivity contribution < 1.29 is 4.74 Å². The fourth-order valence-electron chi connectivity index (χ4n) is 3.61. The van der Waals surface area contributed by atoms with Crippen LogP contribution in [-0.4, -0.2) is 11.7 Å². The molecule has 2 aliphatic rings. The zero-order chi connectivity index (χ0) is 17.4. The fourth-order valence-corrected chi connectivity index (χ4v) is 4.34. The van der Waals surface area contributed by atoms with Crippen LogP contribution in [0.2, 0.25) is 0 Å². The van der Waals surface area contributed by atoms with E-state index in [0.29, 0.717) is 11.7 Å². The summed E-state index contributed by atoms with van der Waals surface area (Å²) in [4.78, 5) is 0. The van der Waals surface area contributed by atoms with Crippen molar-refractivity contribution >= 4 is 39.0 Å². The lowest BCUT2D eigenvalue weighted by molar-refractivity contribution is 0.338. The Morgan fingerprint density at radius 2 is 2.04 bits per heavy atom. The molecule has 0 fully saturated rings. The highest BCUT2D eigenvalue weighted by atomic mass is 79.9. The number of hydrogen-bond donors (Lipinski definition) is 2. The molecule has 1 heterocycles. The van der Waals surface area contributed by atoms with Crippen molar-refractivity contribution in [2.75, 3.05) is 6.61 Å². The average molecular weight is 415 g/mol. The van der Waals surface area contributed by atoms with Gasteiger partial charge in [0.1, 0.15) is 5.75 Å². The number of fused-ring (bicyclic) bond motifs is 2. The van der Waals surface area contributed by atoms with Gasteiger partial charge in [0.2, 0.25) is 0 Å². The van der Waals surface area contributed by atoms with E-state index < -0.39 is 0 Å². The maximum Gasteiger partial charge on any atom is 0.171 e. The normalized spacial score (nSPS) is 18.8. The molecule has 0 amide bonds. The first-order valence-corrected chi connectivity index (χ1v) is 9.68. The summed E-state index contributed by atoms with van der Waals surface area (Å²) >= 11 is 9.11. The lowest BCUT2D eigenvalue weighted by atomic mass is 9.83. The van der Waals surface area contributed by atoms with Crippen LogP contribution in [0.1, 0.15) is 36.1 Å². The van der Waals surface area contributed by atoms with E-state index in [0.717, 1.165) is 23.1 Å². The summed E-state index contributed by atoms with van der Waals surface area (Å²) in [6.45, 7) is 2.64. The Morgan fingerprint density at radius 1 is 1.20 bits per heavy atom. The summed E-state index contributed by atoms with van der Waals surface area (Å²) < 4.78 is 6.60. The second-order valence-corrected chi connectivity index (χ2v) is 7.47. The third kappa shape index (κ3) is 3.07. The van der Waals surface area contributed by atoms with Gasteiger partial charge in [0.25, 0.3) is 0 Å². The predicted molar refractivity (Wildman–Crippen MR) is 109 cm³/mol. The Labute approximate surface area is 161 Å². The molecule has 2 aromatic rings. The van der Waals surface area contributed by atoms with Crippen LogP contribution in [0.25, 0.3) is 5.70 Å². The van der Waals surface area contributed by atoms with Crippen molar-refractivity contribution in [3.8, 4) is 5.75 Å². The molecule has 0 bridgehead atoms. The number of rotatable bonds is 3. The second-order valence-electron chi connectivity index (χ2n) is 6.21. The fraction of sp³-hybridized carbons (Fsp3) is 0.250. The molecule has 4 rings (SSSR count). The van der Waals surface area contributed by atoms with Crippen molar-refractivity contribution in [1.29, 1.82) is 0 Å². The molecule has 1 aliphatic carbocycles. The average Bonchev–Trinajstić information content (AvgIpc) is 2.63. The van der Waals surface area contributed by atoms with Gasteiger partial charge in [-0.2, -0.15) is 0 Å². The van der Waals surface area contributed by atoms with Gasteiger partial charge in [-0.3, -0.25) is 0 Å². The van der Waals surface area contributed by atoms with Gasteiger partial charge in [0.05, 0.1) is 17.1 Å². The topological polar surface area (TPSA) is 33.3 Å². The van der Waals surface area contributed by atoms with Crippen molar-refractivity contribution in [2.45, 2.75) is 25.8 Å². The van der Waals surface area contributed by atoms with Gasteiger partial charge >= 0.3 is 0 Å². The third-order valence-corrected chi connectivity index (χ3v) is 5.56. The minimum atomic E-state index is 0.0871. The molecular formula is C20H19BrN2OS. The zero-order valence-corrected chi connectivity index (χ0v) is 16.3. The van der Waals surface area contributed by atoms with Crippen LogP contribution >= 0.6 is 28.1 Å². The van der Waals surface area contributed by atoms with Crippen LogP contribution in [-0.2, 0) is 6.42 Å². The van der Waals surface area contributed by atoms with Crippen LogP contribution in [0.3, 0.4) is 0 Å². The largest absolute Gasteiger partial charge is 0.493 e. The van der Waals surface area contributed by atoms with Crippen LogP contribution in [0.4, 0.5) is 0 Å². The predicted octanol–water partition coefficient (Wildman–Crippen LogP) is 4.72. The lowest BCUT2D eigenvalue weighted by Crippen LogP contribution is -2.44. The van der Waals surface area contributed by atoms with Gasteiger partial charge in [-0.15, -0.1) is 0 Å². The van der Waals surface area contributed by atoms with Gasteiger partial charge in [-0.25, -0.2) is 0 Å². The first kappa shape index (κ1) is 16.6. The number of halogens is 1. The smallest absolute Gasteiger partial charge is 0.171 e. The number of hydrogen-bond acceptors (Lipinski definition) is 2. The van der Waals surface area contributed by atoms with Gasteiger partial charge < -0.3 is 15.4 Å². The monoisotopic (exact) mass is 414 g/mol. The molecule has 25 heavy (non-hydrogen) atoms. The molecule has 0 radical (unpaired) electrons. The van der Waals surface area contributed by atoms with Gasteiger partial charge in [-0.1, -0.05) is 30.3 Å². The molecule has 0 saturated carbocycles. The van der Waals surface area contributed by atoms with E-state index in [2.05, 4.69) is 63.0 Å². The van der Waals surface area contributed by atoms with Crippen LogP contribution < -0.4 is 15.4 Å². The number of ether oxygens (including phenoxy) is 1. The molecule has 0 aromatic heterocycles. The highest BCUT2D eigenvalue weighted by molar-refractivity contribution is 9.10. The SMILES string of the molecule is CCOc1ccc(C2NC(=S)NC3=C2CCc2ccccc23)cc1Br. The quantitative estimate of drug-likeness (QED) is 0.711. The van der Waals surface area contributed by atoms with Crippen molar-refractivity contribution in [2.24, 2.45) is 0 Å². The third-order valence-electron chi connectivity index (χ3n) is 4.72. The van der Waals surface area contributed by atoms with Gasteiger partial charge in [0.15, 0.2) is 5.11 Å². The Kier molecular flexibility index (Phi) is 4.52. The molecule has 2 aromatic carbocycles. The van der Waals surface area contributed by atoms with E-state index in [9.17, 15) is 0 Å². The minimum Gasteiger partial charge on any atom is -0.493 e. The highest BCUT2D eigenvalue weighted by Crippen LogP contribution is 2.40. The molecule has 2 N–H and O–H groups in total. The summed E-state index contributed by atoms with van der Waals surface area (Å²) in [5, 5.41) is 7.50. The maximum absolute atomic E-state index is 5.64. The van der Waals surface area contributed by atoms with Crippen molar-refractivity contribution in [3.05, 3.63) is 69.2 Å². The number of benzene rings is 2. The van der Waals surface area contributed by atoms with E-state index in [-0.39, 0.29) is 6.04 Å². The summed E-state index contributed by atoms with van der Waals surface area (Å²) in [5.74, 6) is 0.867. The Hall–Kier alpha value is -1.85. The summed E-state index contributed by atoms with van der Waals surface area (Å²) in [6, 6.07) is 14.9. The first-order chi connectivity index (χ1) is 12.2. The standard InChI is InChI=1S/C20H19BrN2OS/c1-2-24-17-10-8-13(11-16(17)21)18-15-9-7-12-5-3-4-6-14(12)19(15)23-20(25)22-18/h3-6,8,10-11,18H,2,7,9H2,1H3,(H2,22,23,25). The van der Waals surface area contributed by atoms with Crippen LogP contribution in [0.5, 0.6) is 5.75 Å². The molecule has 5 heteroatoms. The van der Waals surface area contributed by atoms with Gasteiger partial charge in [-0.05, 0) is 76.7 Å². The molecular weight excluding hydrogens is 396 g/mol. The molecule has 1 unspecified atom stereocenters. The van der Waals surface area contributed by atoms with Gasteiger partial charge in [0, 0.05) is 11.3 Å². The number of thiocarbonyl (C=S) groups is 1.